The zero-order chi connectivity index (χ0) is 22.7. The van der Waals surface area contributed by atoms with Crippen LogP contribution in [0.2, 0.25) is 0 Å². The van der Waals surface area contributed by atoms with Crippen molar-refractivity contribution in [2.24, 2.45) is 0 Å². The van der Waals surface area contributed by atoms with E-state index in [1.54, 1.807) is 6.20 Å². The molecule has 3 aromatic rings. The number of carbonyl (C=O) groups is 1. The molecule has 0 N–H and O–H groups in total. The lowest BCUT2D eigenvalue weighted by molar-refractivity contribution is -0.133. The van der Waals surface area contributed by atoms with E-state index in [1.165, 1.54) is 0 Å². The molecule has 1 unspecified atom stereocenters. The summed E-state index contributed by atoms with van der Waals surface area (Å²) in [6, 6.07) is 10.3. The lowest BCUT2D eigenvalue weighted by Crippen LogP contribution is -2.41. The van der Waals surface area contributed by atoms with Crippen molar-refractivity contribution < 1.29 is 4.79 Å². The molecule has 0 bridgehead atoms. The number of benzene rings is 1. The molecule has 1 aromatic carbocycles. The van der Waals surface area contributed by atoms with Gasteiger partial charge in [-0.3, -0.25) is 4.79 Å². The first kappa shape index (κ1) is 22.0. The number of aromatic nitrogens is 4. The van der Waals surface area contributed by atoms with Crippen LogP contribution in [0.4, 0.5) is 5.95 Å². The maximum atomic E-state index is 13.2. The fourth-order valence-corrected chi connectivity index (χ4v) is 4.38. The summed E-state index contributed by atoms with van der Waals surface area (Å²) in [5.74, 6) is 2.24. The van der Waals surface area contributed by atoms with Gasteiger partial charge in [0.1, 0.15) is 12.4 Å². The Morgan fingerprint density at radius 3 is 2.69 bits per heavy atom. The third-order valence-corrected chi connectivity index (χ3v) is 6.02. The Kier molecular flexibility index (Phi) is 6.53. The second kappa shape index (κ2) is 9.51. The highest BCUT2D eigenvalue weighted by Gasteiger charge is 2.28. The summed E-state index contributed by atoms with van der Waals surface area (Å²) in [6.45, 7) is 5.99. The van der Waals surface area contributed by atoms with Crippen molar-refractivity contribution in [2.45, 2.75) is 45.1 Å². The number of rotatable bonds is 6. The number of hydrogen-bond donors (Lipinski definition) is 0. The van der Waals surface area contributed by atoms with Crippen LogP contribution in [0.5, 0.6) is 0 Å². The number of imidazole rings is 1. The number of anilines is 1. The molecule has 1 saturated heterocycles. The average Bonchev–Trinajstić information content (AvgIpc) is 3.28. The first-order valence-electron chi connectivity index (χ1n) is 11.3. The van der Waals surface area contributed by atoms with Gasteiger partial charge in [-0.05, 0) is 18.4 Å². The number of amides is 1. The standard InChI is InChI=1S/C25H32N6O/c1-18(2)24-26-12-14-31(24)17-22(32)30-13-8-11-20(16-30)23-21(19-9-6-5-7-10-19)15-27-25(28-23)29(3)4/h5-7,9-10,12,14-15,18,20H,8,11,13,16-17H2,1-4H3. The Balaban J connectivity index is 1.59. The molecule has 2 aromatic heterocycles. The van der Waals surface area contributed by atoms with E-state index in [-0.39, 0.29) is 17.7 Å². The van der Waals surface area contributed by atoms with E-state index in [2.05, 4.69) is 35.9 Å². The first-order valence-corrected chi connectivity index (χ1v) is 11.3. The highest BCUT2D eigenvalue weighted by Crippen LogP contribution is 2.34. The van der Waals surface area contributed by atoms with E-state index in [4.69, 9.17) is 4.98 Å². The Bertz CT molecular complexity index is 1060. The van der Waals surface area contributed by atoms with E-state index in [1.807, 2.05) is 59.1 Å². The van der Waals surface area contributed by atoms with Crippen molar-refractivity contribution in [2.75, 3.05) is 32.1 Å². The summed E-state index contributed by atoms with van der Waals surface area (Å²) in [7, 11) is 3.91. The monoisotopic (exact) mass is 432 g/mol. The maximum Gasteiger partial charge on any atom is 0.242 e. The number of piperidine rings is 1. The van der Waals surface area contributed by atoms with Crippen molar-refractivity contribution in [1.82, 2.24) is 24.4 Å². The van der Waals surface area contributed by atoms with Gasteiger partial charge in [-0.25, -0.2) is 15.0 Å². The Morgan fingerprint density at radius 1 is 1.19 bits per heavy atom. The summed E-state index contributed by atoms with van der Waals surface area (Å²) in [6.07, 6.45) is 7.57. The molecular weight excluding hydrogens is 400 g/mol. The Morgan fingerprint density at radius 2 is 1.97 bits per heavy atom. The average molecular weight is 433 g/mol. The smallest absolute Gasteiger partial charge is 0.242 e. The highest BCUT2D eigenvalue weighted by atomic mass is 16.2. The van der Waals surface area contributed by atoms with Crippen LogP contribution < -0.4 is 4.90 Å². The lowest BCUT2D eigenvalue weighted by Gasteiger charge is -2.34. The number of hydrogen-bond acceptors (Lipinski definition) is 5. The molecule has 1 fully saturated rings. The van der Waals surface area contributed by atoms with Crippen molar-refractivity contribution in [3.8, 4) is 11.1 Å². The minimum Gasteiger partial charge on any atom is -0.347 e. The van der Waals surface area contributed by atoms with Crippen molar-refractivity contribution in [3.05, 3.63) is 60.4 Å². The van der Waals surface area contributed by atoms with E-state index in [0.717, 1.165) is 42.0 Å². The molecule has 1 amide bonds. The molecule has 1 aliphatic rings. The molecule has 1 atom stereocenters. The minimum absolute atomic E-state index is 0.137. The Hall–Kier alpha value is -3.22. The van der Waals surface area contributed by atoms with Crippen LogP contribution in [0.1, 0.15) is 50.0 Å². The van der Waals surface area contributed by atoms with Gasteiger partial charge in [-0.15, -0.1) is 0 Å². The van der Waals surface area contributed by atoms with Gasteiger partial charge < -0.3 is 14.4 Å². The highest BCUT2D eigenvalue weighted by molar-refractivity contribution is 5.76. The molecule has 0 spiro atoms. The van der Waals surface area contributed by atoms with E-state index in [0.29, 0.717) is 19.0 Å². The fourth-order valence-electron chi connectivity index (χ4n) is 4.38. The Labute approximate surface area is 190 Å². The van der Waals surface area contributed by atoms with Gasteiger partial charge in [-0.1, -0.05) is 44.2 Å². The van der Waals surface area contributed by atoms with Crippen LogP contribution >= 0.6 is 0 Å². The van der Waals surface area contributed by atoms with Crippen LogP contribution in [0.15, 0.2) is 48.9 Å². The van der Waals surface area contributed by atoms with Crippen LogP contribution in [0.3, 0.4) is 0 Å². The van der Waals surface area contributed by atoms with Gasteiger partial charge in [0.05, 0.1) is 5.69 Å². The van der Waals surface area contributed by atoms with Gasteiger partial charge in [0.15, 0.2) is 0 Å². The van der Waals surface area contributed by atoms with Gasteiger partial charge in [0, 0.05) is 63.2 Å². The molecule has 3 heterocycles. The van der Waals surface area contributed by atoms with E-state index < -0.39 is 0 Å². The van der Waals surface area contributed by atoms with Gasteiger partial charge in [0.2, 0.25) is 11.9 Å². The number of likely N-dealkylation sites (tertiary alicyclic amines) is 1. The molecule has 7 heteroatoms. The largest absolute Gasteiger partial charge is 0.347 e. The van der Waals surface area contributed by atoms with Crippen LogP contribution in [-0.2, 0) is 11.3 Å². The SMILES string of the molecule is CC(C)c1nccn1CC(=O)N1CCCC(c2nc(N(C)C)ncc2-c2ccccc2)C1. The van der Waals surface area contributed by atoms with Gasteiger partial charge in [0.25, 0.3) is 0 Å². The number of nitrogens with zero attached hydrogens (tertiary/aromatic N) is 6. The first-order chi connectivity index (χ1) is 15.4. The predicted octanol–water partition coefficient (Wildman–Crippen LogP) is 3.94. The summed E-state index contributed by atoms with van der Waals surface area (Å²) < 4.78 is 1.97. The summed E-state index contributed by atoms with van der Waals surface area (Å²) in [5, 5.41) is 0. The molecule has 0 saturated carbocycles. The maximum absolute atomic E-state index is 13.2. The summed E-state index contributed by atoms with van der Waals surface area (Å²) in [4.78, 5) is 31.0. The van der Waals surface area contributed by atoms with Crippen molar-refractivity contribution >= 4 is 11.9 Å². The molecule has 7 nitrogen and oxygen atoms in total. The third kappa shape index (κ3) is 4.66. The van der Waals surface area contributed by atoms with Crippen LogP contribution in [0.25, 0.3) is 11.1 Å². The lowest BCUT2D eigenvalue weighted by atomic mass is 9.90. The molecule has 168 valence electrons. The van der Waals surface area contributed by atoms with E-state index in [9.17, 15) is 4.79 Å². The topological polar surface area (TPSA) is 67.2 Å². The minimum atomic E-state index is 0.137. The molecule has 1 aliphatic heterocycles. The normalized spacial score (nSPS) is 16.4. The fraction of sp³-hybridized carbons (Fsp3) is 0.440. The van der Waals surface area contributed by atoms with Crippen LogP contribution in [-0.4, -0.2) is 57.5 Å². The van der Waals surface area contributed by atoms with Crippen molar-refractivity contribution in [1.29, 1.82) is 0 Å². The quantitative estimate of drug-likeness (QED) is 0.590. The molecule has 0 aliphatic carbocycles. The van der Waals surface area contributed by atoms with Crippen LogP contribution in [0, 0.1) is 0 Å². The number of carbonyl (C=O) groups excluding carboxylic acids is 1. The molecule has 32 heavy (non-hydrogen) atoms. The second-order valence-electron chi connectivity index (χ2n) is 8.98. The third-order valence-electron chi connectivity index (χ3n) is 6.02. The van der Waals surface area contributed by atoms with Gasteiger partial charge in [-0.2, -0.15) is 0 Å². The van der Waals surface area contributed by atoms with E-state index >= 15 is 0 Å². The molecule has 0 radical (unpaired) electrons. The predicted molar refractivity (Wildman–Crippen MR) is 127 cm³/mol. The summed E-state index contributed by atoms with van der Waals surface area (Å²) in [5.41, 5.74) is 3.18. The zero-order valence-electron chi connectivity index (χ0n) is 19.4. The molecule has 4 rings (SSSR count). The molecular formula is C25H32N6O. The van der Waals surface area contributed by atoms with Gasteiger partial charge >= 0.3 is 0 Å². The second-order valence-corrected chi connectivity index (χ2v) is 8.98. The van der Waals surface area contributed by atoms with Crippen molar-refractivity contribution in [3.63, 3.8) is 0 Å². The summed E-state index contributed by atoms with van der Waals surface area (Å²) >= 11 is 0. The zero-order valence-corrected chi connectivity index (χ0v) is 19.4.